The average molecular weight is 417 g/mol. The Morgan fingerprint density at radius 1 is 1.21 bits per heavy atom. The van der Waals surface area contributed by atoms with Crippen molar-refractivity contribution in [2.75, 3.05) is 6.61 Å². The number of fused-ring (bicyclic) bond motifs is 1. The fraction of sp³-hybridized carbons (Fsp3) is 0.286. The Morgan fingerprint density at radius 2 is 1.96 bits per heavy atom. The topological polar surface area (TPSA) is 60.7 Å². The fourth-order valence-corrected chi connectivity index (χ4v) is 4.34. The van der Waals surface area contributed by atoms with E-state index in [1.165, 1.54) is 11.3 Å². The number of esters is 1. The van der Waals surface area contributed by atoms with Gasteiger partial charge in [-0.2, -0.15) is 4.99 Å². The molecular formula is C21H21ClN2O3S. The van der Waals surface area contributed by atoms with Crippen molar-refractivity contribution in [3.63, 3.8) is 0 Å². The van der Waals surface area contributed by atoms with E-state index in [-0.39, 0.29) is 24.8 Å². The smallest absolute Gasteiger partial charge is 0.326 e. The van der Waals surface area contributed by atoms with Crippen LogP contribution in [0.3, 0.4) is 0 Å². The molecule has 0 N–H and O–H groups in total. The van der Waals surface area contributed by atoms with Gasteiger partial charge < -0.3 is 9.30 Å². The first kappa shape index (κ1) is 20.3. The number of thiazole rings is 1. The lowest BCUT2D eigenvalue weighted by molar-refractivity contribution is -0.143. The van der Waals surface area contributed by atoms with Crippen LogP contribution >= 0.6 is 22.9 Å². The normalized spacial score (nSPS) is 11.8. The molecule has 28 heavy (non-hydrogen) atoms. The van der Waals surface area contributed by atoms with Crippen molar-refractivity contribution < 1.29 is 14.3 Å². The van der Waals surface area contributed by atoms with Gasteiger partial charge in [0, 0.05) is 5.02 Å². The third-order valence-electron chi connectivity index (χ3n) is 4.23. The van der Waals surface area contributed by atoms with Crippen molar-refractivity contribution in [2.24, 2.45) is 4.99 Å². The second-order valence-corrected chi connectivity index (χ2v) is 7.86. The minimum absolute atomic E-state index is 0.00887. The number of halogens is 1. The highest BCUT2D eigenvalue weighted by atomic mass is 35.5. The van der Waals surface area contributed by atoms with Crippen molar-refractivity contribution in [1.82, 2.24) is 4.57 Å². The number of aromatic nitrogens is 1. The summed E-state index contributed by atoms with van der Waals surface area (Å²) < 4.78 is 7.85. The first-order chi connectivity index (χ1) is 13.4. The van der Waals surface area contributed by atoms with Gasteiger partial charge in [0.2, 0.25) is 0 Å². The molecule has 5 nitrogen and oxygen atoms in total. The highest BCUT2D eigenvalue weighted by molar-refractivity contribution is 7.16. The Labute approximate surface area is 172 Å². The van der Waals surface area contributed by atoms with Crippen LogP contribution in [0, 0.1) is 13.8 Å². The largest absolute Gasteiger partial charge is 0.465 e. The standard InChI is InChI=1S/C21H21ClN2O3S/c1-4-27-19(26)12-24-17-10-13(2)9-14(3)20(17)28-21(24)23-18(25)11-15-7-5-6-8-16(15)22/h5-10H,4,11-12H2,1-3H3. The number of ether oxygens (including phenoxy) is 1. The minimum Gasteiger partial charge on any atom is -0.465 e. The second kappa shape index (κ2) is 8.71. The first-order valence-corrected chi connectivity index (χ1v) is 10.2. The molecular weight excluding hydrogens is 396 g/mol. The number of carbonyl (C=O) groups excluding carboxylic acids is 2. The average Bonchev–Trinajstić information content (AvgIpc) is 2.95. The SMILES string of the molecule is CCOC(=O)Cn1c(=NC(=O)Cc2ccccc2Cl)sc2c(C)cc(C)cc21. The molecule has 1 heterocycles. The number of benzene rings is 2. The predicted molar refractivity (Wildman–Crippen MR) is 112 cm³/mol. The summed E-state index contributed by atoms with van der Waals surface area (Å²) in [6, 6.07) is 11.3. The van der Waals surface area contributed by atoms with Crippen molar-refractivity contribution in [3.05, 3.63) is 62.9 Å². The van der Waals surface area contributed by atoms with Crippen LogP contribution in [0.15, 0.2) is 41.4 Å². The van der Waals surface area contributed by atoms with Crippen LogP contribution in [0.25, 0.3) is 10.2 Å². The van der Waals surface area contributed by atoms with E-state index in [4.69, 9.17) is 16.3 Å². The summed E-state index contributed by atoms with van der Waals surface area (Å²) in [6.07, 6.45) is 0.103. The van der Waals surface area contributed by atoms with Crippen molar-refractivity contribution >= 4 is 45.0 Å². The molecule has 146 valence electrons. The molecule has 0 radical (unpaired) electrons. The van der Waals surface area contributed by atoms with Gasteiger partial charge in [-0.1, -0.05) is 47.2 Å². The third-order valence-corrected chi connectivity index (χ3v) is 5.83. The molecule has 1 amide bonds. The lowest BCUT2D eigenvalue weighted by Gasteiger charge is -2.06. The zero-order chi connectivity index (χ0) is 20.3. The molecule has 0 aliphatic carbocycles. The summed E-state index contributed by atoms with van der Waals surface area (Å²) in [5.41, 5.74) is 3.76. The molecule has 0 bridgehead atoms. The summed E-state index contributed by atoms with van der Waals surface area (Å²) in [7, 11) is 0. The first-order valence-electron chi connectivity index (χ1n) is 8.96. The van der Waals surface area contributed by atoms with Crippen molar-refractivity contribution in [3.8, 4) is 0 Å². The molecule has 0 atom stereocenters. The summed E-state index contributed by atoms with van der Waals surface area (Å²) in [5.74, 6) is -0.673. The van der Waals surface area contributed by atoms with Crippen LogP contribution in [0.1, 0.15) is 23.6 Å². The Balaban J connectivity index is 2.06. The van der Waals surface area contributed by atoms with Crippen LogP contribution in [0.5, 0.6) is 0 Å². The van der Waals surface area contributed by atoms with E-state index in [2.05, 4.69) is 11.1 Å². The minimum atomic E-state index is -0.360. The number of hydrogen-bond acceptors (Lipinski definition) is 4. The summed E-state index contributed by atoms with van der Waals surface area (Å²) in [5, 5.41) is 0.535. The molecule has 3 aromatic rings. The molecule has 0 aliphatic rings. The van der Waals surface area contributed by atoms with Crippen LogP contribution in [-0.4, -0.2) is 23.1 Å². The Hall–Kier alpha value is -2.44. The van der Waals surface area contributed by atoms with E-state index in [0.717, 1.165) is 26.9 Å². The van der Waals surface area contributed by atoms with Gasteiger partial charge in [-0.05, 0) is 49.6 Å². The summed E-state index contributed by atoms with van der Waals surface area (Å²) >= 11 is 7.55. The highest BCUT2D eigenvalue weighted by Gasteiger charge is 2.14. The lowest BCUT2D eigenvalue weighted by atomic mass is 10.1. The second-order valence-electron chi connectivity index (χ2n) is 6.48. The van der Waals surface area contributed by atoms with Gasteiger partial charge in [0.25, 0.3) is 5.91 Å². The van der Waals surface area contributed by atoms with E-state index in [9.17, 15) is 9.59 Å². The molecule has 0 spiro atoms. The Morgan fingerprint density at radius 3 is 2.68 bits per heavy atom. The van der Waals surface area contributed by atoms with E-state index in [1.54, 1.807) is 23.6 Å². The Bertz CT molecular complexity index is 1110. The van der Waals surface area contributed by atoms with Gasteiger partial charge in [0.1, 0.15) is 6.54 Å². The van der Waals surface area contributed by atoms with E-state index < -0.39 is 0 Å². The lowest BCUT2D eigenvalue weighted by Crippen LogP contribution is -2.23. The van der Waals surface area contributed by atoms with E-state index in [1.807, 2.05) is 32.0 Å². The quantitative estimate of drug-likeness (QED) is 0.585. The van der Waals surface area contributed by atoms with Crippen LogP contribution in [-0.2, 0) is 27.3 Å². The van der Waals surface area contributed by atoms with E-state index >= 15 is 0 Å². The number of hydrogen-bond donors (Lipinski definition) is 0. The fourth-order valence-electron chi connectivity index (χ4n) is 3.04. The molecule has 3 rings (SSSR count). The molecule has 0 saturated heterocycles. The van der Waals surface area contributed by atoms with Crippen LogP contribution in [0.4, 0.5) is 0 Å². The number of rotatable bonds is 5. The molecule has 1 aromatic heterocycles. The number of amides is 1. The van der Waals surface area contributed by atoms with Gasteiger partial charge in [-0.25, -0.2) is 0 Å². The predicted octanol–water partition coefficient (Wildman–Crippen LogP) is 4.21. The Kier molecular flexibility index (Phi) is 6.31. The van der Waals surface area contributed by atoms with Gasteiger partial charge in [0.05, 0.1) is 23.2 Å². The van der Waals surface area contributed by atoms with Gasteiger partial charge in [0.15, 0.2) is 4.80 Å². The van der Waals surface area contributed by atoms with E-state index in [0.29, 0.717) is 16.4 Å². The summed E-state index contributed by atoms with van der Waals surface area (Å²) in [4.78, 5) is 29.5. The monoisotopic (exact) mass is 416 g/mol. The molecule has 0 fully saturated rings. The number of carbonyl (C=O) groups is 2. The maximum Gasteiger partial charge on any atom is 0.326 e. The maximum absolute atomic E-state index is 12.6. The molecule has 0 unspecified atom stereocenters. The third kappa shape index (κ3) is 4.51. The highest BCUT2D eigenvalue weighted by Crippen LogP contribution is 2.23. The van der Waals surface area contributed by atoms with Crippen molar-refractivity contribution in [1.29, 1.82) is 0 Å². The van der Waals surface area contributed by atoms with Crippen LogP contribution in [0.2, 0.25) is 5.02 Å². The van der Waals surface area contributed by atoms with Gasteiger partial charge >= 0.3 is 5.97 Å². The zero-order valence-electron chi connectivity index (χ0n) is 16.0. The molecule has 7 heteroatoms. The van der Waals surface area contributed by atoms with Gasteiger partial charge in [-0.3, -0.25) is 9.59 Å². The van der Waals surface area contributed by atoms with Crippen molar-refractivity contribution in [2.45, 2.75) is 33.7 Å². The molecule has 2 aromatic carbocycles. The molecule has 0 aliphatic heterocycles. The molecule has 0 saturated carbocycles. The maximum atomic E-state index is 12.6. The summed E-state index contributed by atoms with van der Waals surface area (Å²) in [6.45, 7) is 6.08. The van der Waals surface area contributed by atoms with Gasteiger partial charge in [-0.15, -0.1) is 0 Å². The number of nitrogens with zero attached hydrogens (tertiary/aromatic N) is 2. The van der Waals surface area contributed by atoms with Crippen LogP contribution < -0.4 is 4.80 Å². The number of aryl methyl sites for hydroxylation is 2. The zero-order valence-corrected chi connectivity index (χ0v) is 17.6.